The van der Waals surface area contributed by atoms with E-state index >= 15 is 0 Å². The summed E-state index contributed by atoms with van der Waals surface area (Å²) in [6, 6.07) is 5.80. The molecule has 0 heterocycles. The van der Waals surface area contributed by atoms with E-state index in [9.17, 15) is 4.79 Å². The molecular formula is C15H23NO3. The minimum atomic E-state index is -0.545. The van der Waals surface area contributed by atoms with E-state index in [1.54, 1.807) is 6.92 Å². The maximum absolute atomic E-state index is 11.8. The van der Waals surface area contributed by atoms with Crippen molar-refractivity contribution in [2.24, 2.45) is 5.73 Å². The Bertz CT molecular complexity index is 418. The van der Waals surface area contributed by atoms with Crippen LogP contribution in [0.2, 0.25) is 0 Å². The van der Waals surface area contributed by atoms with Gasteiger partial charge in [-0.3, -0.25) is 0 Å². The highest BCUT2D eigenvalue weighted by Gasteiger charge is 2.21. The van der Waals surface area contributed by atoms with Gasteiger partial charge in [-0.1, -0.05) is 25.5 Å². The Hall–Kier alpha value is -1.55. The standard InChI is InChI=1S/C15H23NO3/c1-4-6-13(15(17)18-5-2)19-14-9-12(10-16)8-7-11(14)3/h7-9,13H,4-6,10,16H2,1-3H3. The highest BCUT2D eigenvalue weighted by molar-refractivity contribution is 5.75. The molecule has 4 heteroatoms. The summed E-state index contributed by atoms with van der Waals surface area (Å²) in [6.07, 6.45) is 0.959. The third-order valence-corrected chi connectivity index (χ3v) is 2.86. The van der Waals surface area contributed by atoms with Gasteiger partial charge in [0.1, 0.15) is 5.75 Å². The van der Waals surface area contributed by atoms with Crippen LogP contribution >= 0.6 is 0 Å². The zero-order chi connectivity index (χ0) is 14.3. The molecule has 0 aliphatic heterocycles. The monoisotopic (exact) mass is 265 g/mol. The maximum atomic E-state index is 11.8. The van der Waals surface area contributed by atoms with Gasteiger partial charge in [0.2, 0.25) is 0 Å². The van der Waals surface area contributed by atoms with Crippen LogP contribution in [0.3, 0.4) is 0 Å². The summed E-state index contributed by atoms with van der Waals surface area (Å²) in [5.41, 5.74) is 7.59. The van der Waals surface area contributed by atoms with Gasteiger partial charge >= 0.3 is 5.97 Å². The third kappa shape index (κ3) is 4.56. The number of carbonyl (C=O) groups is 1. The van der Waals surface area contributed by atoms with E-state index in [1.807, 2.05) is 32.0 Å². The van der Waals surface area contributed by atoms with Crippen molar-refractivity contribution in [1.29, 1.82) is 0 Å². The summed E-state index contributed by atoms with van der Waals surface area (Å²) in [5.74, 6) is 0.399. The van der Waals surface area contributed by atoms with Crippen molar-refractivity contribution in [3.8, 4) is 5.75 Å². The fraction of sp³-hybridized carbons (Fsp3) is 0.533. The zero-order valence-corrected chi connectivity index (χ0v) is 11.9. The largest absolute Gasteiger partial charge is 0.478 e. The lowest BCUT2D eigenvalue weighted by Crippen LogP contribution is -2.29. The molecule has 0 aliphatic carbocycles. The number of carbonyl (C=O) groups excluding carboxylic acids is 1. The Morgan fingerprint density at radius 3 is 2.68 bits per heavy atom. The molecule has 106 valence electrons. The van der Waals surface area contributed by atoms with E-state index in [1.165, 1.54) is 0 Å². The summed E-state index contributed by atoms with van der Waals surface area (Å²) in [6.45, 7) is 6.57. The molecule has 0 saturated heterocycles. The summed E-state index contributed by atoms with van der Waals surface area (Å²) >= 11 is 0. The van der Waals surface area contributed by atoms with Crippen molar-refractivity contribution >= 4 is 5.97 Å². The number of rotatable bonds is 7. The summed E-state index contributed by atoms with van der Waals surface area (Å²) in [5, 5.41) is 0. The van der Waals surface area contributed by atoms with E-state index < -0.39 is 6.10 Å². The number of esters is 1. The molecule has 1 aromatic rings. The van der Waals surface area contributed by atoms with Gasteiger partial charge in [0, 0.05) is 6.54 Å². The average molecular weight is 265 g/mol. The predicted octanol–water partition coefficient (Wildman–Crippen LogP) is 2.56. The number of aryl methyl sites for hydroxylation is 1. The van der Waals surface area contributed by atoms with E-state index in [4.69, 9.17) is 15.2 Å². The minimum absolute atomic E-state index is 0.304. The Labute approximate surface area is 114 Å². The molecule has 0 aliphatic rings. The lowest BCUT2D eigenvalue weighted by molar-refractivity contribution is -0.151. The summed E-state index contributed by atoms with van der Waals surface area (Å²) in [7, 11) is 0. The Morgan fingerprint density at radius 2 is 2.11 bits per heavy atom. The molecule has 1 aromatic carbocycles. The molecule has 0 aromatic heterocycles. The number of hydrogen-bond acceptors (Lipinski definition) is 4. The molecule has 0 bridgehead atoms. The normalized spacial score (nSPS) is 12.0. The first kappa shape index (κ1) is 15.5. The molecule has 1 atom stereocenters. The highest BCUT2D eigenvalue weighted by atomic mass is 16.6. The van der Waals surface area contributed by atoms with Crippen LogP contribution in [0, 0.1) is 6.92 Å². The molecule has 1 rings (SSSR count). The van der Waals surface area contributed by atoms with E-state index in [0.29, 0.717) is 25.3 Å². The van der Waals surface area contributed by atoms with Gasteiger partial charge in [-0.15, -0.1) is 0 Å². The highest BCUT2D eigenvalue weighted by Crippen LogP contribution is 2.22. The van der Waals surface area contributed by atoms with Gasteiger partial charge in [0.15, 0.2) is 6.10 Å². The van der Waals surface area contributed by atoms with Crippen LogP contribution in [0.25, 0.3) is 0 Å². The van der Waals surface area contributed by atoms with E-state index in [0.717, 1.165) is 17.5 Å². The third-order valence-electron chi connectivity index (χ3n) is 2.86. The van der Waals surface area contributed by atoms with Crippen LogP contribution in [0.15, 0.2) is 18.2 Å². The first-order chi connectivity index (χ1) is 9.12. The minimum Gasteiger partial charge on any atom is -0.478 e. The lowest BCUT2D eigenvalue weighted by Gasteiger charge is -2.19. The molecule has 0 spiro atoms. The fourth-order valence-electron chi connectivity index (χ4n) is 1.77. The number of ether oxygens (including phenoxy) is 2. The zero-order valence-electron chi connectivity index (χ0n) is 11.9. The quantitative estimate of drug-likeness (QED) is 0.770. The number of hydrogen-bond donors (Lipinski definition) is 1. The van der Waals surface area contributed by atoms with Gasteiger partial charge in [0.25, 0.3) is 0 Å². The molecular weight excluding hydrogens is 242 g/mol. The second-order valence-electron chi connectivity index (χ2n) is 4.45. The first-order valence-corrected chi connectivity index (χ1v) is 6.75. The van der Waals surface area contributed by atoms with Crippen molar-refractivity contribution in [3.05, 3.63) is 29.3 Å². The predicted molar refractivity (Wildman–Crippen MR) is 75.0 cm³/mol. The van der Waals surface area contributed by atoms with Crippen LogP contribution < -0.4 is 10.5 Å². The van der Waals surface area contributed by atoms with Gasteiger partial charge in [0.05, 0.1) is 6.61 Å². The Balaban J connectivity index is 2.86. The van der Waals surface area contributed by atoms with Crippen LogP contribution in [-0.2, 0) is 16.1 Å². The summed E-state index contributed by atoms with van der Waals surface area (Å²) in [4.78, 5) is 11.8. The van der Waals surface area contributed by atoms with Gasteiger partial charge in [-0.2, -0.15) is 0 Å². The molecule has 0 radical (unpaired) electrons. The van der Waals surface area contributed by atoms with E-state index in [-0.39, 0.29) is 5.97 Å². The second kappa shape index (κ2) is 7.79. The van der Waals surface area contributed by atoms with Gasteiger partial charge in [-0.05, 0) is 37.5 Å². The van der Waals surface area contributed by atoms with E-state index in [2.05, 4.69) is 0 Å². The van der Waals surface area contributed by atoms with Gasteiger partial charge < -0.3 is 15.2 Å². The lowest BCUT2D eigenvalue weighted by atomic mass is 10.1. The van der Waals surface area contributed by atoms with Crippen LogP contribution in [0.1, 0.15) is 37.8 Å². The number of nitrogens with two attached hydrogens (primary N) is 1. The van der Waals surface area contributed by atoms with Crippen molar-refractivity contribution in [2.75, 3.05) is 6.61 Å². The molecule has 0 saturated carbocycles. The first-order valence-electron chi connectivity index (χ1n) is 6.75. The second-order valence-corrected chi connectivity index (χ2v) is 4.45. The fourth-order valence-corrected chi connectivity index (χ4v) is 1.77. The molecule has 1 unspecified atom stereocenters. The molecule has 2 N–H and O–H groups in total. The maximum Gasteiger partial charge on any atom is 0.347 e. The SMILES string of the molecule is CCCC(Oc1cc(CN)ccc1C)C(=O)OCC. The van der Waals surface area contributed by atoms with Gasteiger partial charge in [-0.25, -0.2) is 4.79 Å². The number of benzene rings is 1. The van der Waals surface area contributed by atoms with Crippen molar-refractivity contribution in [2.45, 2.75) is 46.3 Å². The summed E-state index contributed by atoms with van der Waals surface area (Å²) < 4.78 is 10.8. The molecule has 0 fully saturated rings. The van der Waals surface area contributed by atoms with Crippen LogP contribution in [-0.4, -0.2) is 18.7 Å². The van der Waals surface area contributed by atoms with Crippen molar-refractivity contribution in [1.82, 2.24) is 0 Å². The van der Waals surface area contributed by atoms with Crippen molar-refractivity contribution < 1.29 is 14.3 Å². The van der Waals surface area contributed by atoms with Crippen LogP contribution in [0.5, 0.6) is 5.75 Å². The van der Waals surface area contributed by atoms with Crippen molar-refractivity contribution in [3.63, 3.8) is 0 Å². The molecule has 0 amide bonds. The Kier molecular flexibility index (Phi) is 6.36. The average Bonchev–Trinajstić information content (AvgIpc) is 2.40. The smallest absolute Gasteiger partial charge is 0.347 e. The molecule has 4 nitrogen and oxygen atoms in total. The topological polar surface area (TPSA) is 61.5 Å². The molecule has 19 heavy (non-hydrogen) atoms. The van der Waals surface area contributed by atoms with Crippen LogP contribution in [0.4, 0.5) is 0 Å². The Morgan fingerprint density at radius 1 is 1.37 bits per heavy atom.